The number of aryl methyl sites for hydroxylation is 2. The molecule has 0 atom stereocenters. The number of hydrogen-bond donors (Lipinski definition) is 1. The maximum Gasteiger partial charge on any atom is 0.0606 e. The molecule has 0 amide bonds. The molecular weight excluding hydrogens is 208 g/mol. The highest BCUT2D eigenvalue weighted by molar-refractivity contribution is 5.47. The zero-order valence-electron chi connectivity index (χ0n) is 11.6. The number of anilines is 1. The van der Waals surface area contributed by atoms with Crippen molar-refractivity contribution in [3.63, 3.8) is 0 Å². The van der Waals surface area contributed by atoms with Crippen LogP contribution in [0.1, 0.15) is 56.8 Å². The summed E-state index contributed by atoms with van der Waals surface area (Å²) < 4.78 is 0. The van der Waals surface area contributed by atoms with Gasteiger partial charge in [0.15, 0.2) is 0 Å². The lowest BCUT2D eigenvalue weighted by molar-refractivity contribution is 0.617. The van der Waals surface area contributed by atoms with Crippen LogP contribution in [-0.2, 0) is 0 Å². The van der Waals surface area contributed by atoms with E-state index in [9.17, 15) is 0 Å². The lowest BCUT2D eigenvalue weighted by atomic mass is 10.1. The van der Waals surface area contributed by atoms with E-state index in [4.69, 9.17) is 0 Å². The van der Waals surface area contributed by atoms with Crippen LogP contribution < -0.4 is 5.32 Å². The van der Waals surface area contributed by atoms with Crippen LogP contribution in [0.2, 0.25) is 0 Å². The zero-order valence-corrected chi connectivity index (χ0v) is 11.6. The van der Waals surface area contributed by atoms with Crippen molar-refractivity contribution >= 4 is 5.69 Å². The van der Waals surface area contributed by atoms with Gasteiger partial charge in [0, 0.05) is 12.2 Å². The molecule has 1 rings (SSSR count). The maximum atomic E-state index is 4.45. The lowest BCUT2D eigenvalue weighted by Crippen LogP contribution is -2.04. The van der Waals surface area contributed by atoms with E-state index in [1.165, 1.54) is 44.2 Å². The zero-order chi connectivity index (χ0) is 12.5. The molecule has 2 nitrogen and oxygen atoms in total. The van der Waals surface area contributed by atoms with Crippen molar-refractivity contribution in [3.8, 4) is 0 Å². The first-order valence-corrected chi connectivity index (χ1v) is 6.92. The Balaban J connectivity index is 2.14. The molecular formula is C15H26N2. The van der Waals surface area contributed by atoms with Gasteiger partial charge < -0.3 is 5.32 Å². The smallest absolute Gasteiger partial charge is 0.0606 e. The highest BCUT2D eigenvalue weighted by Gasteiger charge is 1.98. The van der Waals surface area contributed by atoms with E-state index in [1.54, 1.807) is 0 Å². The third kappa shape index (κ3) is 5.71. The summed E-state index contributed by atoms with van der Waals surface area (Å²) in [6, 6.07) is 4.20. The summed E-state index contributed by atoms with van der Waals surface area (Å²) >= 11 is 0. The van der Waals surface area contributed by atoms with Gasteiger partial charge in [-0.05, 0) is 32.4 Å². The van der Waals surface area contributed by atoms with E-state index in [1.807, 2.05) is 6.92 Å². The van der Waals surface area contributed by atoms with Gasteiger partial charge in [-0.1, -0.05) is 39.0 Å². The molecule has 1 heterocycles. The van der Waals surface area contributed by atoms with E-state index in [0.717, 1.165) is 17.9 Å². The van der Waals surface area contributed by atoms with Crippen LogP contribution in [-0.4, -0.2) is 11.5 Å². The van der Waals surface area contributed by atoms with E-state index in [-0.39, 0.29) is 0 Å². The third-order valence-electron chi connectivity index (χ3n) is 3.07. The predicted molar refractivity (Wildman–Crippen MR) is 75.6 cm³/mol. The van der Waals surface area contributed by atoms with Gasteiger partial charge in [-0.25, -0.2) is 0 Å². The Morgan fingerprint density at radius 1 is 1.00 bits per heavy atom. The highest BCUT2D eigenvalue weighted by Crippen LogP contribution is 2.13. The van der Waals surface area contributed by atoms with Crippen molar-refractivity contribution in [2.45, 2.75) is 59.3 Å². The monoisotopic (exact) mass is 234 g/mol. The summed E-state index contributed by atoms with van der Waals surface area (Å²) in [6.45, 7) is 7.42. The highest BCUT2D eigenvalue weighted by atomic mass is 14.9. The fourth-order valence-corrected chi connectivity index (χ4v) is 2.00. The first-order chi connectivity index (χ1) is 8.24. The Kier molecular flexibility index (Phi) is 6.68. The van der Waals surface area contributed by atoms with E-state index < -0.39 is 0 Å². The molecule has 17 heavy (non-hydrogen) atoms. The summed E-state index contributed by atoms with van der Waals surface area (Å²) in [7, 11) is 0. The van der Waals surface area contributed by atoms with Crippen LogP contribution in [0.15, 0.2) is 12.1 Å². The molecule has 1 aromatic rings. The molecule has 0 saturated heterocycles. The molecule has 0 unspecified atom stereocenters. The van der Waals surface area contributed by atoms with E-state index >= 15 is 0 Å². The molecule has 0 spiro atoms. The van der Waals surface area contributed by atoms with Crippen molar-refractivity contribution in [1.82, 2.24) is 4.98 Å². The van der Waals surface area contributed by atoms with Crippen molar-refractivity contribution < 1.29 is 0 Å². The topological polar surface area (TPSA) is 24.9 Å². The molecule has 0 fully saturated rings. The summed E-state index contributed by atoms with van der Waals surface area (Å²) in [4.78, 5) is 4.45. The number of hydrogen-bond acceptors (Lipinski definition) is 2. The molecule has 1 aromatic heterocycles. The second-order valence-electron chi connectivity index (χ2n) is 4.78. The van der Waals surface area contributed by atoms with Gasteiger partial charge in [-0.15, -0.1) is 0 Å². The molecule has 1 N–H and O–H groups in total. The SMILES string of the molecule is CCCCCCCCNc1ccc(C)nc1C. The Morgan fingerprint density at radius 2 is 1.71 bits per heavy atom. The van der Waals surface area contributed by atoms with E-state index in [2.05, 4.69) is 36.3 Å². The quantitative estimate of drug-likeness (QED) is 0.671. The summed E-state index contributed by atoms with van der Waals surface area (Å²) in [5, 5.41) is 3.47. The molecule has 0 bridgehead atoms. The van der Waals surface area contributed by atoms with Gasteiger partial charge >= 0.3 is 0 Å². The van der Waals surface area contributed by atoms with Crippen molar-refractivity contribution in [2.75, 3.05) is 11.9 Å². The summed E-state index contributed by atoms with van der Waals surface area (Å²) in [6.07, 6.45) is 8.07. The number of aromatic nitrogens is 1. The Bertz CT molecular complexity index is 321. The van der Waals surface area contributed by atoms with Crippen LogP contribution >= 0.6 is 0 Å². The molecule has 0 aliphatic rings. The van der Waals surface area contributed by atoms with E-state index in [0.29, 0.717) is 0 Å². The lowest BCUT2D eigenvalue weighted by Gasteiger charge is -2.09. The summed E-state index contributed by atoms with van der Waals surface area (Å²) in [5.74, 6) is 0. The standard InChI is InChI=1S/C15H26N2/c1-4-5-6-7-8-9-12-16-15-11-10-13(2)17-14(15)3/h10-11,16H,4-9,12H2,1-3H3. The number of nitrogens with zero attached hydrogens (tertiary/aromatic N) is 1. The molecule has 0 aliphatic heterocycles. The molecule has 0 aromatic carbocycles. The van der Waals surface area contributed by atoms with Crippen LogP contribution in [0.4, 0.5) is 5.69 Å². The molecule has 96 valence electrons. The molecule has 0 radical (unpaired) electrons. The van der Waals surface area contributed by atoms with Crippen molar-refractivity contribution in [1.29, 1.82) is 0 Å². The minimum Gasteiger partial charge on any atom is -0.384 e. The Hall–Kier alpha value is -1.05. The van der Waals surface area contributed by atoms with Gasteiger partial charge in [0.1, 0.15) is 0 Å². The second-order valence-corrected chi connectivity index (χ2v) is 4.78. The normalized spacial score (nSPS) is 10.5. The number of rotatable bonds is 8. The average Bonchev–Trinajstić information content (AvgIpc) is 2.30. The molecule has 0 saturated carbocycles. The number of unbranched alkanes of at least 4 members (excludes halogenated alkanes) is 5. The van der Waals surface area contributed by atoms with Crippen LogP contribution in [0.3, 0.4) is 0 Å². The minimum atomic E-state index is 1.07. The van der Waals surface area contributed by atoms with Crippen LogP contribution in [0.25, 0.3) is 0 Å². The van der Waals surface area contributed by atoms with Gasteiger partial charge in [0.25, 0.3) is 0 Å². The van der Waals surface area contributed by atoms with Gasteiger partial charge in [-0.3, -0.25) is 4.98 Å². The Morgan fingerprint density at radius 3 is 2.41 bits per heavy atom. The average molecular weight is 234 g/mol. The first kappa shape index (κ1) is 14.0. The largest absolute Gasteiger partial charge is 0.384 e. The molecule has 2 heteroatoms. The van der Waals surface area contributed by atoms with Crippen LogP contribution in [0, 0.1) is 13.8 Å². The Labute approximate surface area is 106 Å². The second kappa shape index (κ2) is 8.10. The van der Waals surface area contributed by atoms with Crippen LogP contribution in [0.5, 0.6) is 0 Å². The van der Waals surface area contributed by atoms with Gasteiger partial charge in [0.2, 0.25) is 0 Å². The fourth-order valence-electron chi connectivity index (χ4n) is 2.00. The minimum absolute atomic E-state index is 1.07. The third-order valence-corrected chi connectivity index (χ3v) is 3.07. The maximum absolute atomic E-state index is 4.45. The van der Waals surface area contributed by atoms with Crippen molar-refractivity contribution in [3.05, 3.63) is 23.5 Å². The van der Waals surface area contributed by atoms with Gasteiger partial charge in [-0.2, -0.15) is 0 Å². The van der Waals surface area contributed by atoms with Gasteiger partial charge in [0.05, 0.1) is 11.4 Å². The summed E-state index contributed by atoms with van der Waals surface area (Å²) in [5.41, 5.74) is 3.38. The first-order valence-electron chi connectivity index (χ1n) is 6.92. The van der Waals surface area contributed by atoms with Crippen molar-refractivity contribution in [2.24, 2.45) is 0 Å². The molecule has 0 aliphatic carbocycles. The fraction of sp³-hybridized carbons (Fsp3) is 0.667. The number of pyridine rings is 1. The predicted octanol–water partition coefficient (Wildman–Crippen LogP) is 4.47. The number of nitrogens with one attached hydrogen (secondary N) is 1.